The van der Waals surface area contributed by atoms with Crippen LogP contribution in [0.5, 0.6) is 0 Å². The summed E-state index contributed by atoms with van der Waals surface area (Å²) in [5.41, 5.74) is 2.45. The number of thioether (sulfide) groups is 1. The van der Waals surface area contributed by atoms with Gasteiger partial charge < -0.3 is 24.7 Å². The van der Waals surface area contributed by atoms with Crippen LogP contribution in [-0.2, 0) is 9.59 Å². The predicted molar refractivity (Wildman–Crippen MR) is 76.4 cm³/mol. The number of aliphatic carboxylic acids is 2. The molecule has 0 spiro atoms. The van der Waals surface area contributed by atoms with Gasteiger partial charge in [0.05, 0.1) is 23.7 Å². The predicted octanol–water partition coefficient (Wildman–Crippen LogP) is -7.14. The molecule has 0 aromatic carbocycles. The molecule has 2 rings (SSSR count). The van der Waals surface area contributed by atoms with Crippen LogP contribution < -0.4 is 69.3 Å². The largest absolute Gasteiger partial charge is 1.00 e. The van der Waals surface area contributed by atoms with Gasteiger partial charge in [-0.05, 0) is 24.8 Å². The molecule has 0 amide bonds. The van der Waals surface area contributed by atoms with Gasteiger partial charge in [0.1, 0.15) is 10.7 Å². The molecule has 0 atom stereocenters. The van der Waals surface area contributed by atoms with Crippen LogP contribution in [-0.4, -0.2) is 51.5 Å². The van der Waals surface area contributed by atoms with Crippen molar-refractivity contribution >= 4 is 41.0 Å². The van der Waals surface area contributed by atoms with E-state index in [4.69, 9.17) is 19.8 Å². The minimum absolute atomic E-state index is 0. The Kier molecular flexibility index (Phi) is 15.5. The minimum atomic E-state index is -2.19. The molecule has 7 nitrogen and oxygen atoms in total. The van der Waals surface area contributed by atoms with Crippen molar-refractivity contribution in [1.82, 2.24) is 13.6 Å². The number of likely N-dealkylation sites (N-methyl/N-ethyl adjacent to an activating group) is 1. The fraction of sp³-hybridized carbons (Fsp3) is 0.500. The van der Waals surface area contributed by atoms with Crippen molar-refractivity contribution in [3.8, 4) is 0 Å². The normalized spacial score (nSPS) is 13.6. The monoisotopic (exact) mass is 375 g/mol. The van der Waals surface area contributed by atoms with Crippen molar-refractivity contribution < 1.29 is 78.9 Å². The summed E-state index contributed by atoms with van der Waals surface area (Å²) in [5.74, 6) is -3.31. The van der Waals surface area contributed by atoms with E-state index < -0.39 is 11.9 Å². The average Bonchev–Trinajstić information content (AvgIpc) is 2.88. The quantitative estimate of drug-likeness (QED) is 0.291. The van der Waals surface area contributed by atoms with E-state index in [1.54, 1.807) is 11.8 Å². The summed E-state index contributed by atoms with van der Waals surface area (Å²) in [5, 5.41) is 19.0. The number of aromatic nitrogens is 2. The number of hydrogen-bond donors (Lipinski definition) is 0. The molecule has 0 unspecified atom stereocenters. The van der Waals surface area contributed by atoms with Crippen LogP contribution >= 0.6 is 23.5 Å². The average molecular weight is 375 g/mol. The van der Waals surface area contributed by atoms with Gasteiger partial charge in [0.2, 0.25) is 0 Å². The number of nitrogens with zero attached hydrogens (tertiary/aromatic N) is 3. The molecule has 1 aliphatic heterocycles. The number of carboxylic acid groups (broad SMARTS) is 2. The Labute approximate surface area is 187 Å². The molecule has 0 N–H and O–H groups in total. The second-order valence-electron chi connectivity index (χ2n) is 4.18. The minimum Gasteiger partial charge on any atom is -0.543 e. The van der Waals surface area contributed by atoms with E-state index in [0.717, 1.165) is 36.0 Å². The molecule has 0 saturated heterocycles. The van der Waals surface area contributed by atoms with Gasteiger partial charge in [0.15, 0.2) is 0 Å². The van der Waals surface area contributed by atoms with Gasteiger partial charge in [-0.15, -0.1) is 11.8 Å². The van der Waals surface area contributed by atoms with Crippen LogP contribution in [0.1, 0.15) is 19.0 Å². The summed E-state index contributed by atoms with van der Waals surface area (Å²) in [6.07, 6.45) is 3.43. The van der Waals surface area contributed by atoms with Gasteiger partial charge in [-0.1, -0.05) is 13.0 Å². The maximum atomic E-state index is 8.93. The number of rotatable bonds is 3. The Morgan fingerprint density at radius 1 is 1.30 bits per heavy atom. The van der Waals surface area contributed by atoms with E-state index in [-0.39, 0.29) is 59.1 Å². The van der Waals surface area contributed by atoms with Crippen molar-refractivity contribution in [3.05, 3.63) is 11.8 Å². The van der Waals surface area contributed by atoms with Crippen LogP contribution in [0.25, 0.3) is 5.57 Å². The second kappa shape index (κ2) is 13.8. The van der Waals surface area contributed by atoms with E-state index in [2.05, 4.69) is 33.7 Å². The summed E-state index contributed by atoms with van der Waals surface area (Å²) in [4.78, 5) is 20.2. The van der Waals surface area contributed by atoms with Crippen LogP contribution in [0, 0.1) is 0 Å². The van der Waals surface area contributed by atoms with Gasteiger partial charge in [0.25, 0.3) is 0 Å². The smallest absolute Gasteiger partial charge is 0.543 e. The number of carbonyl (C=O) groups excluding carboxylic acids is 2. The molecule has 0 radical (unpaired) electrons. The molecule has 11 heteroatoms. The van der Waals surface area contributed by atoms with Gasteiger partial charge in [-0.2, -0.15) is 8.75 Å². The second-order valence-corrected chi connectivity index (χ2v) is 5.96. The Morgan fingerprint density at radius 3 is 2.39 bits per heavy atom. The van der Waals surface area contributed by atoms with E-state index in [1.165, 1.54) is 17.3 Å². The zero-order chi connectivity index (χ0) is 15.8. The van der Waals surface area contributed by atoms with Crippen LogP contribution in [0.2, 0.25) is 0 Å². The van der Waals surface area contributed by atoms with E-state index >= 15 is 0 Å². The molecule has 23 heavy (non-hydrogen) atoms. The molecule has 116 valence electrons. The fourth-order valence-electron chi connectivity index (χ4n) is 1.67. The Bertz CT molecular complexity index is 528. The number of carbonyl (C=O) groups is 2. The molecule has 1 aromatic rings. The number of hydrogen-bond acceptors (Lipinski definition) is 9. The van der Waals surface area contributed by atoms with Crippen molar-refractivity contribution in [1.29, 1.82) is 0 Å². The zero-order valence-electron chi connectivity index (χ0n) is 13.7. The number of carboxylic acids is 2. The first-order valence-electron chi connectivity index (χ1n) is 6.21. The summed E-state index contributed by atoms with van der Waals surface area (Å²) >= 11 is 3.10. The summed E-state index contributed by atoms with van der Waals surface area (Å²) in [7, 11) is 2.15. The maximum Gasteiger partial charge on any atom is 1.00 e. The molecule has 0 saturated carbocycles. The molecule has 1 aromatic heterocycles. The molecule has 0 fully saturated rings. The van der Waals surface area contributed by atoms with Crippen LogP contribution in [0.15, 0.2) is 11.1 Å². The van der Waals surface area contributed by atoms with Gasteiger partial charge in [0, 0.05) is 13.1 Å². The maximum absolute atomic E-state index is 8.93. The fourth-order valence-corrected chi connectivity index (χ4v) is 3.12. The first-order valence-corrected chi connectivity index (χ1v) is 7.92. The van der Waals surface area contributed by atoms with Crippen LogP contribution in [0.4, 0.5) is 0 Å². The van der Waals surface area contributed by atoms with E-state index in [9.17, 15) is 0 Å². The zero-order valence-corrected chi connectivity index (χ0v) is 19.3. The van der Waals surface area contributed by atoms with Gasteiger partial charge in [-0.25, -0.2) is 0 Å². The molecule has 1 aliphatic rings. The first-order chi connectivity index (χ1) is 9.95. The Morgan fingerprint density at radius 2 is 1.91 bits per heavy atom. The topological polar surface area (TPSA) is 109 Å². The summed E-state index contributed by atoms with van der Waals surface area (Å²) in [6, 6.07) is 0. The Balaban J connectivity index is 0. The van der Waals surface area contributed by atoms with Gasteiger partial charge in [-0.3, -0.25) is 0 Å². The third kappa shape index (κ3) is 9.57. The summed E-state index contributed by atoms with van der Waals surface area (Å²) < 4.78 is 8.75. The third-order valence-electron chi connectivity index (χ3n) is 2.55. The van der Waals surface area contributed by atoms with E-state index in [1.807, 2.05) is 0 Å². The van der Waals surface area contributed by atoms with Crippen molar-refractivity contribution in [3.63, 3.8) is 0 Å². The summed E-state index contributed by atoms with van der Waals surface area (Å²) in [6.45, 7) is 4.30. The Hall–Kier alpha value is 0.550. The van der Waals surface area contributed by atoms with Crippen LogP contribution in [0.3, 0.4) is 0 Å². The van der Waals surface area contributed by atoms with Gasteiger partial charge >= 0.3 is 59.1 Å². The molecular formula is C12H15N3Na2O4S2. The molecule has 0 bridgehead atoms. The SMILES string of the molecule is CCSc1nsnc1C1=CCCN(C)C1.O=C([O-])C(=O)[O-].[Na+].[Na+]. The van der Waals surface area contributed by atoms with Crippen molar-refractivity contribution in [2.75, 3.05) is 25.9 Å². The standard InChI is InChI=1S/C10H15N3S2.C2H2O4.2Na/c1-3-14-10-9(11-15-12-10)8-5-4-6-13(2)7-8;3-1(4)2(5)6;;/h5H,3-4,6-7H2,1-2H3;(H,3,4)(H,5,6);;/q;;2*+1/p-2. The third-order valence-corrected chi connectivity index (χ3v) is 4.04. The van der Waals surface area contributed by atoms with E-state index in [0.29, 0.717) is 0 Å². The molecule has 0 aliphatic carbocycles. The van der Waals surface area contributed by atoms with Crippen molar-refractivity contribution in [2.24, 2.45) is 0 Å². The molecule has 2 heterocycles. The first kappa shape index (κ1) is 25.8. The molecular weight excluding hydrogens is 360 g/mol. The van der Waals surface area contributed by atoms with Crippen molar-refractivity contribution in [2.45, 2.75) is 18.4 Å².